The van der Waals surface area contributed by atoms with E-state index in [0.29, 0.717) is 0 Å². The predicted molar refractivity (Wildman–Crippen MR) is 79.2 cm³/mol. The Morgan fingerprint density at radius 1 is 1.45 bits per heavy atom. The van der Waals surface area contributed by atoms with Gasteiger partial charge >= 0.3 is 0 Å². The number of halogens is 1. The summed E-state index contributed by atoms with van der Waals surface area (Å²) in [5.74, 6) is 0.602. The van der Waals surface area contributed by atoms with Crippen molar-refractivity contribution in [3.63, 3.8) is 0 Å². The number of aromatic nitrogens is 3. The van der Waals surface area contributed by atoms with Crippen molar-refractivity contribution in [2.24, 2.45) is 0 Å². The molecule has 0 fully saturated rings. The Labute approximate surface area is 122 Å². The molecule has 0 radical (unpaired) electrons. The predicted octanol–water partition coefficient (Wildman–Crippen LogP) is 2.88. The molecule has 2 rings (SSSR count). The van der Waals surface area contributed by atoms with E-state index >= 15 is 0 Å². The zero-order chi connectivity index (χ0) is 14.4. The fourth-order valence-electron chi connectivity index (χ4n) is 1.97. The minimum absolute atomic E-state index is 0.143. The molecule has 0 spiro atoms. The van der Waals surface area contributed by atoms with Gasteiger partial charge in [-0.3, -0.25) is 0 Å². The van der Waals surface area contributed by atoms with Gasteiger partial charge < -0.3 is 5.32 Å². The van der Waals surface area contributed by atoms with Gasteiger partial charge in [-0.25, -0.2) is 9.07 Å². The Hall–Kier alpha value is -1.40. The fourth-order valence-corrected chi connectivity index (χ4v) is 3.04. The van der Waals surface area contributed by atoms with E-state index in [1.807, 2.05) is 17.8 Å². The Bertz CT molecular complexity index is 543. The molecular formula is C14H19FN4S. The number of aryl methyl sites for hydroxylation is 1. The molecule has 6 heteroatoms. The van der Waals surface area contributed by atoms with E-state index in [1.54, 1.807) is 30.1 Å². The second-order valence-electron chi connectivity index (χ2n) is 4.49. The van der Waals surface area contributed by atoms with Crippen LogP contribution < -0.4 is 5.32 Å². The monoisotopic (exact) mass is 294 g/mol. The highest BCUT2D eigenvalue weighted by Gasteiger charge is 2.15. The highest BCUT2D eigenvalue weighted by molar-refractivity contribution is 7.99. The molecule has 20 heavy (non-hydrogen) atoms. The molecule has 0 amide bonds. The zero-order valence-electron chi connectivity index (χ0n) is 11.7. The lowest BCUT2D eigenvalue weighted by Crippen LogP contribution is -2.22. The number of nitrogens with zero attached hydrogens (tertiary/aromatic N) is 3. The van der Waals surface area contributed by atoms with Crippen LogP contribution in [0, 0.1) is 5.82 Å². The molecule has 0 bridgehead atoms. The Kier molecular flexibility index (Phi) is 5.55. The largest absolute Gasteiger partial charge is 0.311 e. The van der Waals surface area contributed by atoms with Gasteiger partial charge in [-0.15, -0.1) is 16.9 Å². The maximum Gasteiger partial charge on any atom is 0.124 e. The maximum atomic E-state index is 13.2. The molecule has 108 valence electrons. The van der Waals surface area contributed by atoms with Gasteiger partial charge in [-0.2, -0.15) is 0 Å². The summed E-state index contributed by atoms with van der Waals surface area (Å²) in [4.78, 5) is 0.930. The van der Waals surface area contributed by atoms with Gasteiger partial charge in [0.2, 0.25) is 0 Å². The van der Waals surface area contributed by atoms with Crippen LogP contribution in [0.2, 0.25) is 0 Å². The van der Waals surface area contributed by atoms with Crippen molar-refractivity contribution in [1.29, 1.82) is 0 Å². The van der Waals surface area contributed by atoms with Gasteiger partial charge in [-0.1, -0.05) is 18.2 Å². The van der Waals surface area contributed by atoms with Crippen LogP contribution in [-0.2, 0) is 6.54 Å². The second-order valence-corrected chi connectivity index (χ2v) is 5.59. The molecular weight excluding hydrogens is 275 g/mol. The van der Waals surface area contributed by atoms with E-state index in [-0.39, 0.29) is 11.9 Å². The first-order valence-electron chi connectivity index (χ1n) is 6.68. The van der Waals surface area contributed by atoms with Crippen molar-refractivity contribution in [2.45, 2.75) is 30.8 Å². The number of hydrogen-bond donors (Lipinski definition) is 1. The van der Waals surface area contributed by atoms with E-state index in [2.05, 4.69) is 22.6 Å². The number of benzene rings is 1. The SMILES string of the molecule is CCCn1nncc1C(CSc1cccc(F)c1)NC. The van der Waals surface area contributed by atoms with E-state index in [9.17, 15) is 4.39 Å². The normalized spacial score (nSPS) is 12.6. The van der Waals surface area contributed by atoms with Gasteiger partial charge in [-0.05, 0) is 31.7 Å². The van der Waals surface area contributed by atoms with Crippen LogP contribution in [-0.4, -0.2) is 27.8 Å². The number of thioether (sulfide) groups is 1. The quantitative estimate of drug-likeness (QED) is 0.797. The van der Waals surface area contributed by atoms with Crippen molar-refractivity contribution >= 4 is 11.8 Å². The standard InChI is InChI=1S/C14H19FN4S/c1-3-7-19-14(9-17-18-19)13(16-2)10-20-12-6-4-5-11(15)8-12/h4-6,8-9,13,16H,3,7,10H2,1-2H3. The van der Waals surface area contributed by atoms with Gasteiger partial charge in [0, 0.05) is 17.2 Å². The molecule has 4 nitrogen and oxygen atoms in total. The highest BCUT2D eigenvalue weighted by Crippen LogP contribution is 2.24. The van der Waals surface area contributed by atoms with E-state index in [4.69, 9.17) is 0 Å². The van der Waals surface area contributed by atoms with Crippen molar-refractivity contribution in [3.8, 4) is 0 Å². The van der Waals surface area contributed by atoms with Gasteiger partial charge in [0.1, 0.15) is 5.82 Å². The van der Waals surface area contributed by atoms with Crippen molar-refractivity contribution in [2.75, 3.05) is 12.8 Å². The summed E-state index contributed by atoms with van der Waals surface area (Å²) >= 11 is 1.62. The van der Waals surface area contributed by atoms with Crippen molar-refractivity contribution < 1.29 is 4.39 Å². The van der Waals surface area contributed by atoms with E-state index < -0.39 is 0 Å². The van der Waals surface area contributed by atoms with E-state index in [1.165, 1.54) is 6.07 Å². The van der Waals surface area contributed by atoms with E-state index in [0.717, 1.165) is 29.3 Å². The van der Waals surface area contributed by atoms with Crippen LogP contribution in [0.4, 0.5) is 4.39 Å². The number of nitrogens with one attached hydrogen (secondary N) is 1. The highest BCUT2D eigenvalue weighted by atomic mass is 32.2. The molecule has 0 saturated carbocycles. The lowest BCUT2D eigenvalue weighted by molar-refractivity contribution is 0.514. The molecule has 1 aromatic carbocycles. The summed E-state index contributed by atoms with van der Waals surface area (Å²) in [7, 11) is 1.92. The molecule has 0 aliphatic heterocycles. The Morgan fingerprint density at radius 2 is 2.30 bits per heavy atom. The zero-order valence-corrected chi connectivity index (χ0v) is 12.5. The molecule has 0 aliphatic carbocycles. The summed E-state index contributed by atoms with van der Waals surface area (Å²) in [6, 6.07) is 6.81. The first-order valence-corrected chi connectivity index (χ1v) is 7.67. The second kappa shape index (κ2) is 7.40. The Balaban J connectivity index is 2.03. The third-order valence-electron chi connectivity index (χ3n) is 3.00. The average molecular weight is 294 g/mol. The molecule has 1 atom stereocenters. The van der Waals surface area contributed by atoms with Crippen LogP contribution >= 0.6 is 11.8 Å². The fraction of sp³-hybridized carbons (Fsp3) is 0.429. The van der Waals surface area contributed by atoms with Gasteiger partial charge in [0.05, 0.1) is 17.9 Å². The lowest BCUT2D eigenvalue weighted by atomic mass is 10.2. The third kappa shape index (κ3) is 3.80. The van der Waals surface area contributed by atoms with Gasteiger partial charge in [0.15, 0.2) is 0 Å². The summed E-state index contributed by atoms with van der Waals surface area (Å²) < 4.78 is 15.1. The third-order valence-corrected chi connectivity index (χ3v) is 4.09. The first kappa shape index (κ1) is 15.0. The first-order chi connectivity index (χ1) is 9.74. The topological polar surface area (TPSA) is 42.7 Å². The van der Waals surface area contributed by atoms with Crippen LogP contribution in [0.3, 0.4) is 0 Å². The van der Waals surface area contributed by atoms with Crippen LogP contribution in [0.5, 0.6) is 0 Å². The summed E-state index contributed by atoms with van der Waals surface area (Å²) in [6.07, 6.45) is 2.81. The smallest absolute Gasteiger partial charge is 0.124 e. The van der Waals surface area contributed by atoms with Crippen molar-refractivity contribution in [3.05, 3.63) is 42.0 Å². The summed E-state index contributed by atoms with van der Waals surface area (Å²) in [5, 5.41) is 11.4. The number of rotatable bonds is 7. The maximum absolute atomic E-state index is 13.2. The Morgan fingerprint density at radius 3 is 3.00 bits per heavy atom. The van der Waals surface area contributed by atoms with Crippen molar-refractivity contribution in [1.82, 2.24) is 20.3 Å². The molecule has 1 aromatic heterocycles. The summed E-state index contributed by atoms with van der Waals surface area (Å²) in [5.41, 5.74) is 1.07. The molecule has 1 heterocycles. The molecule has 0 aliphatic rings. The molecule has 1 unspecified atom stereocenters. The van der Waals surface area contributed by atoms with Crippen LogP contribution in [0.25, 0.3) is 0 Å². The lowest BCUT2D eigenvalue weighted by Gasteiger charge is -2.16. The minimum Gasteiger partial charge on any atom is -0.311 e. The molecule has 2 aromatic rings. The number of hydrogen-bond acceptors (Lipinski definition) is 4. The van der Waals surface area contributed by atoms with Crippen LogP contribution in [0.15, 0.2) is 35.4 Å². The van der Waals surface area contributed by atoms with Gasteiger partial charge in [0.25, 0.3) is 0 Å². The van der Waals surface area contributed by atoms with Crippen LogP contribution in [0.1, 0.15) is 25.1 Å². The average Bonchev–Trinajstić information content (AvgIpc) is 2.89. The molecule has 0 saturated heterocycles. The molecule has 1 N–H and O–H groups in total. The minimum atomic E-state index is -0.200. The summed E-state index contributed by atoms with van der Waals surface area (Å²) in [6.45, 7) is 2.97.